The van der Waals surface area contributed by atoms with Crippen molar-refractivity contribution in [2.45, 2.75) is 130 Å². The zero-order valence-corrected chi connectivity index (χ0v) is 44.0. The molecule has 1 unspecified atom stereocenters. The number of carbonyl (C=O) groups is 9. The van der Waals surface area contributed by atoms with E-state index in [1.807, 2.05) is 58.0 Å². The molecule has 2 aromatic rings. The first-order valence-corrected chi connectivity index (χ1v) is 25.1. The molecule has 1 fully saturated rings. The number of anilines is 1. The van der Waals surface area contributed by atoms with Crippen LogP contribution >= 0.6 is 0 Å². The number of methoxy groups -OCH3 is 2. The summed E-state index contributed by atoms with van der Waals surface area (Å²) in [6, 6.07) is 11.4. The number of likely N-dealkylation sites (tertiary alicyclic amines) is 1. The number of Topliss-reactive ketones (excluding diaryl/α,β-unsaturated/α-hetero) is 2. The van der Waals surface area contributed by atoms with Gasteiger partial charge in [-0.1, -0.05) is 91.8 Å². The number of carboxylic acids is 1. The van der Waals surface area contributed by atoms with Crippen LogP contribution in [0, 0.1) is 35.5 Å². The maximum absolute atomic E-state index is 14.8. The summed E-state index contributed by atoms with van der Waals surface area (Å²) < 4.78 is 12.0. The molecule has 16 heteroatoms. The molecule has 9 atom stereocenters. The molecule has 5 amide bonds. The van der Waals surface area contributed by atoms with Crippen molar-refractivity contribution in [3.63, 3.8) is 0 Å². The van der Waals surface area contributed by atoms with Crippen LogP contribution in [-0.2, 0) is 60.7 Å². The first-order valence-electron chi connectivity index (χ1n) is 25.1. The molecule has 16 nitrogen and oxygen atoms in total. The molecule has 0 saturated carbocycles. The van der Waals surface area contributed by atoms with Gasteiger partial charge in [-0.05, 0) is 72.4 Å². The van der Waals surface area contributed by atoms with Crippen molar-refractivity contribution in [2.24, 2.45) is 35.5 Å². The second-order valence-corrected chi connectivity index (χ2v) is 20.2. The third kappa shape index (κ3) is 14.3. The number of ketones is 3. The lowest BCUT2D eigenvalue weighted by Crippen LogP contribution is -2.54. The van der Waals surface area contributed by atoms with Gasteiger partial charge in [0.05, 0.1) is 48.4 Å². The van der Waals surface area contributed by atoms with E-state index in [2.05, 4.69) is 6.58 Å². The molecular weight excluding hydrogens is 921 g/mol. The fourth-order valence-electron chi connectivity index (χ4n) is 10.4. The number of hydrogen-bond donors (Lipinski definition) is 1. The number of carbonyl (C=O) groups excluding carboxylic acids is 8. The van der Waals surface area contributed by atoms with Crippen molar-refractivity contribution >= 4 is 58.5 Å². The summed E-state index contributed by atoms with van der Waals surface area (Å²) in [5.74, 6) is -7.77. The largest absolute Gasteiger partial charge is 0.481 e. The Morgan fingerprint density at radius 2 is 1.46 bits per heavy atom. The summed E-state index contributed by atoms with van der Waals surface area (Å²) in [5, 5.41) is 10.0. The molecule has 0 aromatic heterocycles. The van der Waals surface area contributed by atoms with E-state index in [-0.39, 0.29) is 84.4 Å². The molecule has 4 rings (SSSR count). The van der Waals surface area contributed by atoms with E-state index in [1.54, 1.807) is 37.6 Å². The second kappa shape index (κ2) is 26.5. The molecular formula is C56H76N4O12. The number of nitrogens with zero attached hydrogens (tertiary/aromatic N) is 4. The van der Waals surface area contributed by atoms with Crippen molar-refractivity contribution in [3.8, 4) is 0 Å². The van der Waals surface area contributed by atoms with Crippen LogP contribution in [-0.4, -0.2) is 138 Å². The van der Waals surface area contributed by atoms with Crippen LogP contribution in [0.2, 0.25) is 0 Å². The fourth-order valence-corrected chi connectivity index (χ4v) is 10.4. The number of carboxylic acid groups (broad SMARTS) is 1. The summed E-state index contributed by atoms with van der Waals surface area (Å²) in [4.78, 5) is 127. The third-order valence-electron chi connectivity index (χ3n) is 14.6. The predicted molar refractivity (Wildman–Crippen MR) is 273 cm³/mol. The van der Waals surface area contributed by atoms with Crippen LogP contribution in [0.3, 0.4) is 0 Å². The molecule has 392 valence electrons. The second-order valence-electron chi connectivity index (χ2n) is 20.2. The van der Waals surface area contributed by atoms with Gasteiger partial charge in [0, 0.05) is 83.7 Å². The number of likely N-dealkylation sites (N-methyl/N-ethyl adjacent to an activating group) is 2. The van der Waals surface area contributed by atoms with Gasteiger partial charge in [0.1, 0.15) is 5.78 Å². The van der Waals surface area contributed by atoms with Gasteiger partial charge >= 0.3 is 5.97 Å². The molecule has 1 N–H and O–H groups in total. The van der Waals surface area contributed by atoms with Gasteiger partial charge in [0.2, 0.25) is 11.8 Å². The van der Waals surface area contributed by atoms with Crippen molar-refractivity contribution in [3.05, 3.63) is 90.0 Å². The van der Waals surface area contributed by atoms with Gasteiger partial charge in [0.25, 0.3) is 17.7 Å². The minimum atomic E-state index is -1.06. The number of ether oxygens (including phenoxy) is 2. The predicted octanol–water partition coefficient (Wildman–Crippen LogP) is 6.56. The van der Waals surface area contributed by atoms with Crippen LogP contribution in [0.15, 0.2) is 73.3 Å². The molecule has 0 aliphatic carbocycles. The highest BCUT2D eigenvalue weighted by atomic mass is 16.5. The van der Waals surface area contributed by atoms with E-state index in [0.29, 0.717) is 31.4 Å². The first kappa shape index (κ1) is 58.4. The highest BCUT2D eigenvalue weighted by Crippen LogP contribution is 2.33. The van der Waals surface area contributed by atoms with Crippen LogP contribution < -0.4 is 4.90 Å². The SMILES string of the molecule is C=CC(=O)Cc1cc(C(=O)N(C)[C@H](C(=O)C[C@H](C(=O)N(C)[C@@H](C(C)CC)[C@@H](CC(=O)N2CCC[C@H]2[C@H](OC)[C@@H](C)C(=O)C[C@@H](Cc2ccccc2)C(=O)O)OC)C(C)C)C(C)C)cc(N2C(=O)C=CC2=O)c1. The fraction of sp³-hybridized carbons (Fsp3) is 0.554. The Labute approximate surface area is 425 Å². The number of allylic oxidation sites excluding steroid dienone is 1. The van der Waals surface area contributed by atoms with Gasteiger partial charge < -0.3 is 29.3 Å². The summed E-state index contributed by atoms with van der Waals surface area (Å²) in [5.41, 5.74) is 1.31. The summed E-state index contributed by atoms with van der Waals surface area (Å²) >= 11 is 0. The number of imide groups is 1. The highest BCUT2D eigenvalue weighted by Gasteiger charge is 2.44. The van der Waals surface area contributed by atoms with Crippen LogP contribution in [0.25, 0.3) is 0 Å². The lowest BCUT2D eigenvalue weighted by atomic mass is 9.83. The summed E-state index contributed by atoms with van der Waals surface area (Å²) in [6.45, 7) is 16.9. The molecule has 1 saturated heterocycles. The summed E-state index contributed by atoms with van der Waals surface area (Å²) in [6.07, 6.45) is 3.32. The van der Waals surface area contributed by atoms with Crippen LogP contribution in [0.1, 0.15) is 108 Å². The molecule has 72 heavy (non-hydrogen) atoms. The first-order chi connectivity index (χ1) is 34.0. The Kier molecular flexibility index (Phi) is 21.5. The zero-order valence-electron chi connectivity index (χ0n) is 44.0. The standard InChI is InChI=1S/C56H76N4O12/c1-13-35(7)52(47(71-11)32-50(66)59-24-18-21-44(59)53(72-12)36(8)45(62)30-40(56(69)70)25-37-19-16-15-17-20-37)58(10)55(68)43(33(3)4)31-46(63)51(34(5)6)57(9)54(67)39-26-38(28-42(61)14-2)27-41(29-39)60-48(64)22-23-49(60)65/h14-17,19-20,22-23,26-27,29,33-36,40,43-44,47,51-53H,2,13,18,21,24-25,28,30-32H2,1,3-12H3,(H,69,70)/t35?,36-,40+,43-,44-,47+,51-,52-,53+/m0/s1. The molecule has 0 spiro atoms. The smallest absolute Gasteiger partial charge is 0.307 e. The van der Waals surface area contributed by atoms with E-state index in [9.17, 15) is 48.3 Å². The van der Waals surface area contributed by atoms with Gasteiger partial charge in [0.15, 0.2) is 11.6 Å². The van der Waals surface area contributed by atoms with Crippen molar-refractivity contribution in [1.29, 1.82) is 0 Å². The lowest BCUT2D eigenvalue weighted by Gasteiger charge is -2.41. The maximum Gasteiger partial charge on any atom is 0.307 e. The van der Waals surface area contributed by atoms with Gasteiger partial charge in [-0.3, -0.25) is 43.2 Å². The van der Waals surface area contributed by atoms with Crippen LogP contribution in [0.5, 0.6) is 0 Å². The Morgan fingerprint density at radius 1 is 0.819 bits per heavy atom. The number of amides is 5. The Hall–Kier alpha value is -6.13. The average Bonchev–Trinajstić information content (AvgIpc) is 3.97. The van der Waals surface area contributed by atoms with Crippen molar-refractivity contribution in [2.75, 3.05) is 39.8 Å². The van der Waals surface area contributed by atoms with E-state index in [0.717, 1.165) is 28.7 Å². The van der Waals surface area contributed by atoms with Crippen molar-refractivity contribution in [1.82, 2.24) is 14.7 Å². The van der Waals surface area contributed by atoms with E-state index in [4.69, 9.17) is 9.47 Å². The number of aliphatic carboxylic acids is 1. The normalized spacial score (nSPS) is 18.0. The van der Waals surface area contributed by atoms with Gasteiger partial charge in [-0.2, -0.15) is 0 Å². The van der Waals surface area contributed by atoms with Crippen LogP contribution in [0.4, 0.5) is 5.69 Å². The molecule has 2 aromatic carbocycles. The third-order valence-corrected chi connectivity index (χ3v) is 14.6. The quantitative estimate of drug-likeness (QED) is 0.0711. The maximum atomic E-state index is 14.8. The number of benzene rings is 2. The molecule has 2 aliphatic heterocycles. The minimum absolute atomic E-state index is 0.0463. The molecule has 2 heterocycles. The average molecular weight is 997 g/mol. The number of rotatable bonds is 28. The molecule has 2 aliphatic rings. The van der Waals surface area contributed by atoms with E-state index < -0.39 is 77.7 Å². The Morgan fingerprint density at radius 3 is 2.00 bits per heavy atom. The lowest BCUT2D eigenvalue weighted by molar-refractivity contribution is -0.149. The highest BCUT2D eigenvalue weighted by molar-refractivity contribution is 6.28. The Bertz CT molecular complexity index is 2330. The Balaban J connectivity index is 1.54. The van der Waals surface area contributed by atoms with Gasteiger partial charge in [-0.15, -0.1) is 0 Å². The molecule has 0 radical (unpaired) electrons. The van der Waals surface area contributed by atoms with E-state index in [1.165, 1.54) is 44.4 Å². The minimum Gasteiger partial charge on any atom is -0.481 e. The summed E-state index contributed by atoms with van der Waals surface area (Å²) in [7, 11) is 6.13. The number of hydrogen-bond acceptors (Lipinski definition) is 11. The van der Waals surface area contributed by atoms with E-state index >= 15 is 0 Å². The zero-order chi connectivity index (χ0) is 53.7. The van der Waals surface area contributed by atoms with Gasteiger partial charge in [-0.25, -0.2) is 4.90 Å². The molecule has 0 bridgehead atoms. The monoisotopic (exact) mass is 997 g/mol. The van der Waals surface area contributed by atoms with Crippen molar-refractivity contribution < 1.29 is 57.7 Å². The topological polar surface area (TPSA) is 205 Å².